The molecule has 7 heteroatoms. The van der Waals surface area contributed by atoms with Crippen molar-refractivity contribution in [2.75, 3.05) is 18.6 Å². The standard InChI is InChI=1S/C14H18F3NO2S/c1-18-13(7-10-5-6-21(19,20)9-10)11-3-2-4-12(8-11)14(15,16)17/h2-4,8,10,13,18H,5-7,9H2,1H3. The van der Waals surface area contributed by atoms with Crippen molar-refractivity contribution in [1.82, 2.24) is 5.32 Å². The zero-order valence-electron chi connectivity index (χ0n) is 11.7. The molecule has 0 radical (unpaired) electrons. The summed E-state index contributed by atoms with van der Waals surface area (Å²) in [7, 11) is -1.30. The summed E-state index contributed by atoms with van der Waals surface area (Å²) in [5.41, 5.74) is -0.143. The van der Waals surface area contributed by atoms with Crippen molar-refractivity contribution >= 4 is 9.84 Å². The summed E-state index contributed by atoms with van der Waals surface area (Å²) in [6, 6.07) is 4.92. The second kappa shape index (κ2) is 5.96. The summed E-state index contributed by atoms with van der Waals surface area (Å²) in [5.74, 6) is 0.308. The van der Waals surface area contributed by atoms with Crippen LogP contribution in [0, 0.1) is 5.92 Å². The molecule has 0 bridgehead atoms. The lowest BCUT2D eigenvalue weighted by Crippen LogP contribution is -2.21. The van der Waals surface area contributed by atoms with Gasteiger partial charge in [0.2, 0.25) is 0 Å². The average molecular weight is 321 g/mol. The summed E-state index contributed by atoms with van der Waals surface area (Å²) in [5, 5.41) is 2.99. The Morgan fingerprint density at radius 3 is 2.62 bits per heavy atom. The minimum atomic E-state index is -4.37. The van der Waals surface area contributed by atoms with Crippen LogP contribution in [0.15, 0.2) is 24.3 Å². The van der Waals surface area contributed by atoms with E-state index in [0.717, 1.165) is 12.1 Å². The highest BCUT2D eigenvalue weighted by molar-refractivity contribution is 7.91. The number of alkyl halides is 3. The molecule has 1 aromatic carbocycles. The zero-order chi connectivity index (χ0) is 15.7. The number of halogens is 3. The molecule has 1 fully saturated rings. The largest absolute Gasteiger partial charge is 0.416 e. The van der Waals surface area contributed by atoms with E-state index in [1.165, 1.54) is 6.07 Å². The van der Waals surface area contributed by atoms with Crippen LogP contribution in [-0.2, 0) is 16.0 Å². The van der Waals surface area contributed by atoms with Gasteiger partial charge in [-0.1, -0.05) is 12.1 Å². The van der Waals surface area contributed by atoms with E-state index in [9.17, 15) is 21.6 Å². The molecule has 3 nitrogen and oxygen atoms in total. The van der Waals surface area contributed by atoms with Gasteiger partial charge >= 0.3 is 6.18 Å². The highest BCUT2D eigenvalue weighted by Crippen LogP contribution is 2.33. The fourth-order valence-corrected chi connectivity index (χ4v) is 4.62. The van der Waals surface area contributed by atoms with Crippen LogP contribution >= 0.6 is 0 Å². The fraction of sp³-hybridized carbons (Fsp3) is 0.571. The second-order valence-electron chi connectivity index (χ2n) is 5.47. The van der Waals surface area contributed by atoms with Crippen LogP contribution in [-0.4, -0.2) is 27.0 Å². The summed E-state index contributed by atoms with van der Waals surface area (Å²) < 4.78 is 61.2. The average Bonchev–Trinajstić information content (AvgIpc) is 2.74. The predicted octanol–water partition coefficient (Wildman–Crippen LogP) is 2.79. The third kappa shape index (κ3) is 4.20. The molecule has 0 spiro atoms. The van der Waals surface area contributed by atoms with Crippen LogP contribution in [0.2, 0.25) is 0 Å². The molecule has 21 heavy (non-hydrogen) atoms. The van der Waals surface area contributed by atoms with Crippen LogP contribution in [0.25, 0.3) is 0 Å². The molecule has 2 unspecified atom stereocenters. The monoisotopic (exact) mass is 321 g/mol. The summed E-state index contributed by atoms with van der Waals surface area (Å²) >= 11 is 0. The molecule has 2 atom stereocenters. The van der Waals surface area contributed by atoms with Gasteiger partial charge in [-0.3, -0.25) is 0 Å². The lowest BCUT2D eigenvalue weighted by Gasteiger charge is -2.21. The molecule has 0 aromatic heterocycles. The van der Waals surface area contributed by atoms with E-state index in [1.54, 1.807) is 13.1 Å². The Hall–Kier alpha value is -1.08. The molecular weight excluding hydrogens is 303 g/mol. The zero-order valence-corrected chi connectivity index (χ0v) is 12.5. The third-order valence-electron chi connectivity index (χ3n) is 3.86. The van der Waals surface area contributed by atoms with E-state index in [1.807, 2.05) is 0 Å². The minimum absolute atomic E-state index is 0.00185. The van der Waals surface area contributed by atoms with Gasteiger partial charge in [-0.05, 0) is 43.5 Å². The fourth-order valence-electron chi connectivity index (χ4n) is 2.74. The van der Waals surface area contributed by atoms with Gasteiger partial charge in [-0.2, -0.15) is 13.2 Å². The van der Waals surface area contributed by atoms with Crippen molar-refractivity contribution in [3.8, 4) is 0 Å². The molecule has 118 valence electrons. The van der Waals surface area contributed by atoms with Crippen molar-refractivity contribution in [2.24, 2.45) is 5.92 Å². The van der Waals surface area contributed by atoms with Gasteiger partial charge in [-0.25, -0.2) is 8.42 Å². The molecule has 1 aliphatic rings. The maximum absolute atomic E-state index is 12.7. The van der Waals surface area contributed by atoms with Gasteiger partial charge in [0, 0.05) is 6.04 Å². The summed E-state index contributed by atoms with van der Waals surface area (Å²) in [6.45, 7) is 0. The Balaban J connectivity index is 2.15. The Kier molecular flexibility index (Phi) is 4.63. The third-order valence-corrected chi connectivity index (χ3v) is 5.70. The molecule has 0 saturated carbocycles. The summed E-state index contributed by atoms with van der Waals surface area (Å²) in [4.78, 5) is 0. The van der Waals surface area contributed by atoms with Crippen molar-refractivity contribution in [3.05, 3.63) is 35.4 Å². The summed E-state index contributed by atoms with van der Waals surface area (Å²) in [6.07, 6.45) is -3.26. The normalized spacial score (nSPS) is 23.1. The van der Waals surface area contributed by atoms with Gasteiger partial charge in [0.25, 0.3) is 0 Å². The van der Waals surface area contributed by atoms with Gasteiger partial charge in [-0.15, -0.1) is 0 Å². The van der Waals surface area contributed by atoms with Crippen LogP contribution in [0.4, 0.5) is 13.2 Å². The lowest BCUT2D eigenvalue weighted by molar-refractivity contribution is -0.137. The molecule has 1 heterocycles. The van der Waals surface area contributed by atoms with E-state index in [4.69, 9.17) is 0 Å². The minimum Gasteiger partial charge on any atom is -0.313 e. The molecule has 1 aliphatic heterocycles. The molecule has 2 rings (SSSR count). The van der Waals surface area contributed by atoms with Crippen molar-refractivity contribution in [1.29, 1.82) is 0 Å². The van der Waals surface area contributed by atoms with Crippen LogP contribution in [0.1, 0.15) is 30.0 Å². The smallest absolute Gasteiger partial charge is 0.313 e. The van der Waals surface area contributed by atoms with E-state index in [-0.39, 0.29) is 23.5 Å². The highest BCUT2D eigenvalue weighted by Gasteiger charge is 2.32. The Bertz CT molecular complexity index is 598. The Morgan fingerprint density at radius 2 is 2.10 bits per heavy atom. The first-order valence-electron chi connectivity index (χ1n) is 6.76. The predicted molar refractivity (Wildman–Crippen MR) is 74.6 cm³/mol. The van der Waals surface area contributed by atoms with E-state index >= 15 is 0 Å². The molecule has 1 aromatic rings. The molecular formula is C14H18F3NO2S. The first-order chi connectivity index (χ1) is 9.71. The maximum Gasteiger partial charge on any atom is 0.416 e. The SMILES string of the molecule is CNC(CC1CCS(=O)(=O)C1)c1cccc(C(F)(F)F)c1. The molecule has 1 saturated heterocycles. The quantitative estimate of drug-likeness (QED) is 0.927. The molecule has 1 N–H and O–H groups in total. The topological polar surface area (TPSA) is 46.2 Å². The van der Waals surface area contributed by atoms with E-state index in [2.05, 4.69) is 5.32 Å². The Morgan fingerprint density at radius 1 is 1.38 bits per heavy atom. The first kappa shape index (κ1) is 16.3. The van der Waals surface area contributed by atoms with Gasteiger partial charge in [0.15, 0.2) is 9.84 Å². The number of sulfone groups is 1. The van der Waals surface area contributed by atoms with Crippen LogP contribution in [0.5, 0.6) is 0 Å². The van der Waals surface area contributed by atoms with Gasteiger partial charge < -0.3 is 5.32 Å². The maximum atomic E-state index is 12.7. The van der Waals surface area contributed by atoms with Crippen molar-refractivity contribution in [3.63, 3.8) is 0 Å². The highest BCUT2D eigenvalue weighted by atomic mass is 32.2. The number of benzene rings is 1. The second-order valence-corrected chi connectivity index (χ2v) is 7.70. The Labute approximate surface area is 122 Å². The van der Waals surface area contributed by atoms with E-state index in [0.29, 0.717) is 18.4 Å². The van der Waals surface area contributed by atoms with E-state index < -0.39 is 21.6 Å². The van der Waals surface area contributed by atoms with Crippen LogP contribution in [0.3, 0.4) is 0 Å². The number of hydrogen-bond donors (Lipinski definition) is 1. The van der Waals surface area contributed by atoms with Gasteiger partial charge in [0.1, 0.15) is 0 Å². The molecule has 0 aliphatic carbocycles. The van der Waals surface area contributed by atoms with Gasteiger partial charge in [0.05, 0.1) is 17.1 Å². The first-order valence-corrected chi connectivity index (χ1v) is 8.58. The number of hydrogen-bond acceptors (Lipinski definition) is 3. The molecule has 0 amide bonds. The number of nitrogens with one attached hydrogen (secondary N) is 1. The number of rotatable bonds is 4. The van der Waals surface area contributed by atoms with Crippen molar-refractivity contribution < 1.29 is 21.6 Å². The lowest BCUT2D eigenvalue weighted by atomic mass is 9.93. The van der Waals surface area contributed by atoms with Crippen LogP contribution < -0.4 is 5.32 Å². The van der Waals surface area contributed by atoms with Crippen molar-refractivity contribution in [2.45, 2.75) is 25.1 Å².